The molecule has 5 heteroatoms. The van der Waals surface area contributed by atoms with Gasteiger partial charge in [0.25, 0.3) is 0 Å². The van der Waals surface area contributed by atoms with Gasteiger partial charge in [-0.05, 0) is 18.2 Å². The van der Waals surface area contributed by atoms with E-state index in [2.05, 4.69) is 6.07 Å². The van der Waals surface area contributed by atoms with Crippen molar-refractivity contribution >= 4 is 21.6 Å². The Morgan fingerprint density at radius 1 is 1.55 bits per heavy atom. The topological polar surface area (TPSA) is 60.2 Å². The number of halogens is 1. The first kappa shape index (κ1) is 8.52. The third-order valence-electron chi connectivity index (χ3n) is 1.08. The fourth-order valence-corrected chi connectivity index (χ4v) is 1.63. The van der Waals surface area contributed by atoms with Crippen LogP contribution in [0.4, 0.5) is 0 Å². The highest BCUT2D eigenvalue weighted by atomic mass is 35.5. The van der Waals surface area contributed by atoms with E-state index < -0.39 is 10.0 Å². The van der Waals surface area contributed by atoms with Gasteiger partial charge in [-0.25, -0.2) is 13.6 Å². The zero-order valence-corrected chi connectivity index (χ0v) is 6.98. The van der Waals surface area contributed by atoms with Crippen LogP contribution in [0.1, 0.15) is 0 Å². The fraction of sp³-hybridized carbons (Fsp3) is 0. The van der Waals surface area contributed by atoms with E-state index in [1.54, 1.807) is 0 Å². The lowest BCUT2D eigenvalue weighted by Gasteiger charge is -1.97. The Labute approximate surface area is 69.8 Å². The Balaban J connectivity index is 3.37. The van der Waals surface area contributed by atoms with Gasteiger partial charge in [0.2, 0.25) is 10.0 Å². The van der Waals surface area contributed by atoms with Crippen molar-refractivity contribution < 1.29 is 8.42 Å². The van der Waals surface area contributed by atoms with E-state index in [9.17, 15) is 8.42 Å². The summed E-state index contributed by atoms with van der Waals surface area (Å²) in [5.74, 6) is 0. The molecular weight excluding hydrogens is 186 g/mol. The Hall–Kier alpha value is -0.580. The maximum absolute atomic E-state index is 10.7. The highest BCUT2D eigenvalue weighted by molar-refractivity contribution is 7.89. The molecule has 59 valence electrons. The Morgan fingerprint density at radius 2 is 2.18 bits per heavy atom. The first-order valence-electron chi connectivity index (χ1n) is 2.70. The maximum atomic E-state index is 10.7. The van der Waals surface area contributed by atoms with E-state index >= 15 is 0 Å². The number of hydrogen-bond acceptors (Lipinski definition) is 2. The van der Waals surface area contributed by atoms with Crippen LogP contribution in [0.5, 0.6) is 0 Å². The highest BCUT2D eigenvalue weighted by Crippen LogP contribution is 2.17. The van der Waals surface area contributed by atoms with E-state index in [0.717, 1.165) is 0 Å². The van der Waals surface area contributed by atoms with Crippen molar-refractivity contribution in [1.82, 2.24) is 0 Å². The normalized spacial score (nSPS) is 11.5. The molecule has 2 N–H and O–H groups in total. The van der Waals surface area contributed by atoms with Crippen molar-refractivity contribution in [3.63, 3.8) is 0 Å². The molecule has 0 fully saturated rings. The minimum Gasteiger partial charge on any atom is -0.225 e. The number of sulfonamides is 1. The van der Waals surface area contributed by atoms with E-state index in [-0.39, 0.29) is 9.92 Å². The molecule has 0 aromatic heterocycles. The number of primary sulfonamides is 1. The number of nitrogens with two attached hydrogens (primary N) is 1. The molecule has 0 spiro atoms. The molecule has 1 radical (unpaired) electrons. The molecule has 0 aliphatic rings. The van der Waals surface area contributed by atoms with Crippen LogP contribution in [0, 0.1) is 6.07 Å². The second kappa shape index (κ2) is 2.81. The fourth-order valence-electron chi connectivity index (χ4n) is 0.614. The summed E-state index contributed by atoms with van der Waals surface area (Å²) in [5.41, 5.74) is 0. The highest BCUT2D eigenvalue weighted by Gasteiger charge is 2.10. The molecule has 1 rings (SSSR count). The summed E-state index contributed by atoms with van der Waals surface area (Å²) in [4.78, 5) is -0.0957. The van der Waals surface area contributed by atoms with Gasteiger partial charge in [-0.2, -0.15) is 0 Å². The van der Waals surface area contributed by atoms with Crippen LogP contribution in [0.2, 0.25) is 5.02 Å². The SMILES string of the molecule is NS(=O)(=O)c1c[c]ccc1Cl. The molecule has 1 aromatic rings. The molecule has 0 aliphatic carbocycles. The molecule has 0 saturated carbocycles. The van der Waals surface area contributed by atoms with Gasteiger partial charge in [0, 0.05) is 0 Å². The standard InChI is InChI=1S/C6H5ClNO2S/c7-5-3-1-2-4-6(5)11(8,9)10/h1,3-4H,(H2,8,9,10). The van der Waals surface area contributed by atoms with Gasteiger partial charge in [0.15, 0.2) is 0 Å². The van der Waals surface area contributed by atoms with Crippen molar-refractivity contribution in [2.24, 2.45) is 5.14 Å². The average molecular weight is 191 g/mol. The van der Waals surface area contributed by atoms with Crippen LogP contribution >= 0.6 is 11.6 Å². The van der Waals surface area contributed by atoms with Crippen LogP contribution in [0.15, 0.2) is 23.1 Å². The van der Waals surface area contributed by atoms with Gasteiger partial charge in [-0.1, -0.05) is 17.7 Å². The zero-order valence-electron chi connectivity index (χ0n) is 5.41. The summed E-state index contributed by atoms with van der Waals surface area (Å²) in [7, 11) is -3.70. The first-order valence-corrected chi connectivity index (χ1v) is 4.62. The second-order valence-corrected chi connectivity index (χ2v) is 3.84. The number of rotatable bonds is 1. The summed E-state index contributed by atoms with van der Waals surface area (Å²) in [6.45, 7) is 0. The molecule has 0 unspecified atom stereocenters. The van der Waals surface area contributed by atoms with Crippen LogP contribution in [0.3, 0.4) is 0 Å². The predicted octanol–water partition coefficient (Wildman–Crippen LogP) is 0.788. The lowest BCUT2D eigenvalue weighted by Crippen LogP contribution is -2.12. The Bertz CT molecular complexity index is 361. The summed E-state index contributed by atoms with van der Waals surface area (Å²) >= 11 is 5.53. The van der Waals surface area contributed by atoms with Crippen molar-refractivity contribution in [2.45, 2.75) is 4.90 Å². The lowest BCUT2D eigenvalue weighted by molar-refractivity contribution is 0.598. The lowest BCUT2D eigenvalue weighted by atomic mass is 10.4. The van der Waals surface area contributed by atoms with Gasteiger partial charge in [-0.3, -0.25) is 0 Å². The smallest absolute Gasteiger partial charge is 0.225 e. The summed E-state index contributed by atoms with van der Waals surface area (Å²) in [5, 5.41) is 4.94. The van der Waals surface area contributed by atoms with Crippen LogP contribution in [0.25, 0.3) is 0 Å². The molecule has 0 amide bonds. The molecule has 0 aliphatic heterocycles. The average Bonchev–Trinajstić information content (AvgIpc) is 1.86. The molecule has 0 saturated heterocycles. The third-order valence-corrected chi connectivity index (χ3v) is 2.47. The summed E-state index contributed by atoms with van der Waals surface area (Å²) in [6.07, 6.45) is 0. The number of benzene rings is 1. The minimum absolute atomic E-state index is 0.0957. The van der Waals surface area contributed by atoms with Crippen molar-refractivity contribution in [2.75, 3.05) is 0 Å². The molecule has 0 atom stereocenters. The maximum Gasteiger partial charge on any atom is 0.239 e. The quantitative estimate of drug-likeness (QED) is 0.712. The Kier molecular flexibility index (Phi) is 2.17. The van der Waals surface area contributed by atoms with Crippen LogP contribution in [-0.2, 0) is 10.0 Å². The molecule has 11 heavy (non-hydrogen) atoms. The van der Waals surface area contributed by atoms with E-state index in [1.165, 1.54) is 18.2 Å². The van der Waals surface area contributed by atoms with Crippen LogP contribution in [-0.4, -0.2) is 8.42 Å². The molecule has 0 heterocycles. The van der Waals surface area contributed by atoms with E-state index in [0.29, 0.717) is 0 Å². The molecule has 0 bridgehead atoms. The second-order valence-electron chi connectivity index (χ2n) is 1.90. The van der Waals surface area contributed by atoms with Crippen LogP contribution < -0.4 is 5.14 Å². The predicted molar refractivity (Wildman–Crippen MR) is 41.7 cm³/mol. The zero-order chi connectivity index (χ0) is 8.48. The van der Waals surface area contributed by atoms with Crippen molar-refractivity contribution in [3.05, 3.63) is 29.3 Å². The monoisotopic (exact) mass is 190 g/mol. The van der Waals surface area contributed by atoms with Crippen molar-refractivity contribution in [3.8, 4) is 0 Å². The minimum atomic E-state index is -3.70. The largest absolute Gasteiger partial charge is 0.239 e. The van der Waals surface area contributed by atoms with Gasteiger partial charge in [0.1, 0.15) is 4.90 Å². The van der Waals surface area contributed by atoms with Crippen molar-refractivity contribution in [1.29, 1.82) is 0 Å². The molecule has 1 aromatic carbocycles. The van der Waals surface area contributed by atoms with Gasteiger partial charge in [0.05, 0.1) is 5.02 Å². The molecular formula is C6H5ClNO2S. The number of hydrogen-bond donors (Lipinski definition) is 1. The van der Waals surface area contributed by atoms with Gasteiger partial charge in [-0.15, -0.1) is 0 Å². The third kappa shape index (κ3) is 1.92. The van der Waals surface area contributed by atoms with E-state index in [4.69, 9.17) is 16.7 Å². The van der Waals surface area contributed by atoms with Gasteiger partial charge >= 0.3 is 0 Å². The van der Waals surface area contributed by atoms with E-state index in [1.807, 2.05) is 0 Å². The summed E-state index contributed by atoms with van der Waals surface area (Å²) in [6, 6.07) is 6.73. The van der Waals surface area contributed by atoms with Gasteiger partial charge < -0.3 is 0 Å². The molecule has 3 nitrogen and oxygen atoms in total. The summed E-state index contributed by atoms with van der Waals surface area (Å²) < 4.78 is 21.5. The Morgan fingerprint density at radius 3 is 2.55 bits per heavy atom. The first-order chi connectivity index (χ1) is 5.02.